The number of benzene rings is 10. The van der Waals surface area contributed by atoms with E-state index >= 15 is 0 Å². The maximum atomic E-state index is 5.38. The zero-order chi connectivity index (χ0) is 41.2. The lowest BCUT2D eigenvalue weighted by Gasteiger charge is -2.28. The van der Waals surface area contributed by atoms with Gasteiger partial charge < -0.3 is 0 Å². The molecule has 0 fully saturated rings. The molecular formula is C60H40N2. The zero-order valence-electron chi connectivity index (χ0n) is 34.3. The van der Waals surface area contributed by atoms with Crippen molar-refractivity contribution in [3.63, 3.8) is 0 Å². The molecule has 0 saturated carbocycles. The predicted molar refractivity (Wildman–Crippen MR) is 259 cm³/mol. The fourth-order valence-electron chi connectivity index (χ4n) is 10.0. The number of hydrogen-bond acceptors (Lipinski definition) is 2. The molecule has 0 saturated heterocycles. The molecule has 1 unspecified atom stereocenters. The molecule has 2 heteroatoms. The lowest BCUT2D eigenvalue weighted by Crippen LogP contribution is -2.22. The van der Waals surface area contributed by atoms with E-state index in [-0.39, 0.29) is 5.41 Å². The maximum Gasteiger partial charge on any atom is 0.161 e. The van der Waals surface area contributed by atoms with Gasteiger partial charge in [0.05, 0.1) is 11.4 Å². The molecule has 0 N–H and O–H groups in total. The first-order valence-corrected chi connectivity index (χ1v) is 21.4. The van der Waals surface area contributed by atoms with Crippen LogP contribution in [0.25, 0.3) is 99.6 Å². The highest BCUT2D eigenvalue weighted by Crippen LogP contribution is 2.53. The summed E-state index contributed by atoms with van der Waals surface area (Å²) in [6.07, 6.45) is 0. The summed E-state index contributed by atoms with van der Waals surface area (Å²) in [7, 11) is 0. The van der Waals surface area contributed by atoms with Crippen LogP contribution in [0.3, 0.4) is 0 Å². The van der Waals surface area contributed by atoms with Gasteiger partial charge in [0.25, 0.3) is 0 Å². The Bertz CT molecular complexity index is 3540. The van der Waals surface area contributed by atoms with Gasteiger partial charge in [-0.25, -0.2) is 9.97 Å². The average molecular weight is 789 g/mol. The average Bonchev–Trinajstić information content (AvgIpc) is 3.61. The van der Waals surface area contributed by atoms with Crippen LogP contribution in [-0.4, -0.2) is 9.97 Å². The minimum Gasteiger partial charge on any atom is -0.228 e. The summed E-state index contributed by atoms with van der Waals surface area (Å²) in [5, 5.41) is 7.02. The summed E-state index contributed by atoms with van der Waals surface area (Å²) in [4.78, 5) is 10.7. The summed E-state index contributed by atoms with van der Waals surface area (Å²) in [6.45, 7) is 2.38. The van der Waals surface area contributed by atoms with Crippen molar-refractivity contribution in [3.05, 3.63) is 241 Å². The van der Waals surface area contributed by atoms with E-state index in [0.717, 1.165) is 38.9 Å². The van der Waals surface area contributed by atoms with Crippen molar-refractivity contribution in [2.24, 2.45) is 0 Å². The summed E-state index contributed by atoms with van der Waals surface area (Å²) in [6, 6.07) is 81.4. The predicted octanol–water partition coefficient (Wildman–Crippen LogP) is 15.6. The Morgan fingerprint density at radius 2 is 0.887 bits per heavy atom. The highest BCUT2D eigenvalue weighted by molar-refractivity contribution is 6.05. The van der Waals surface area contributed by atoms with Gasteiger partial charge in [0.15, 0.2) is 5.82 Å². The SMILES string of the molecule is CC1(c2ccccc2)c2ccccc2-c2ccc(-c3cccc(-c4ccc(-c5cc(-c6ccc7ccccc7c6)nc(-c6cccc7ccccc67)n5)c5ccccc45)c3)cc21. The van der Waals surface area contributed by atoms with Gasteiger partial charge in [0, 0.05) is 22.1 Å². The van der Waals surface area contributed by atoms with Crippen LogP contribution in [-0.2, 0) is 5.41 Å². The highest BCUT2D eigenvalue weighted by Gasteiger charge is 2.40. The molecule has 1 heterocycles. The molecule has 1 aliphatic carbocycles. The molecule has 10 aromatic carbocycles. The van der Waals surface area contributed by atoms with E-state index in [0.29, 0.717) is 5.82 Å². The van der Waals surface area contributed by atoms with Gasteiger partial charge in [-0.05, 0) is 114 Å². The number of rotatable bonds is 6. The fourth-order valence-corrected chi connectivity index (χ4v) is 10.0. The number of nitrogens with zero attached hydrogens (tertiary/aromatic N) is 2. The van der Waals surface area contributed by atoms with Crippen LogP contribution in [0.1, 0.15) is 23.6 Å². The van der Waals surface area contributed by atoms with E-state index in [2.05, 4.69) is 231 Å². The highest BCUT2D eigenvalue weighted by atomic mass is 14.9. The lowest BCUT2D eigenvalue weighted by atomic mass is 9.74. The Balaban J connectivity index is 0.990. The Kier molecular flexibility index (Phi) is 8.33. The van der Waals surface area contributed by atoms with Crippen LogP contribution in [0, 0.1) is 0 Å². The van der Waals surface area contributed by atoms with E-state index in [1.54, 1.807) is 0 Å². The maximum absolute atomic E-state index is 5.38. The van der Waals surface area contributed by atoms with Crippen LogP contribution in [0.15, 0.2) is 224 Å². The second-order valence-electron chi connectivity index (χ2n) is 16.6. The number of aromatic nitrogens is 2. The first kappa shape index (κ1) is 36.0. The van der Waals surface area contributed by atoms with Crippen molar-refractivity contribution in [1.82, 2.24) is 9.97 Å². The third-order valence-electron chi connectivity index (χ3n) is 13.2. The van der Waals surface area contributed by atoms with Crippen molar-refractivity contribution in [2.45, 2.75) is 12.3 Å². The van der Waals surface area contributed by atoms with Gasteiger partial charge in [0.2, 0.25) is 0 Å². The molecule has 11 aromatic rings. The van der Waals surface area contributed by atoms with Crippen LogP contribution in [0.4, 0.5) is 0 Å². The molecule has 290 valence electrons. The van der Waals surface area contributed by atoms with Crippen molar-refractivity contribution in [3.8, 4) is 67.3 Å². The van der Waals surface area contributed by atoms with Gasteiger partial charge in [-0.3, -0.25) is 0 Å². The molecular weight excluding hydrogens is 749 g/mol. The Morgan fingerprint density at radius 3 is 1.76 bits per heavy atom. The monoisotopic (exact) mass is 788 g/mol. The van der Waals surface area contributed by atoms with Crippen molar-refractivity contribution in [2.75, 3.05) is 0 Å². The van der Waals surface area contributed by atoms with E-state index in [1.807, 2.05) is 0 Å². The summed E-state index contributed by atoms with van der Waals surface area (Å²) >= 11 is 0. The van der Waals surface area contributed by atoms with Gasteiger partial charge >= 0.3 is 0 Å². The first-order chi connectivity index (χ1) is 30.6. The second kappa shape index (κ2) is 14.4. The smallest absolute Gasteiger partial charge is 0.161 e. The van der Waals surface area contributed by atoms with Gasteiger partial charge in [-0.2, -0.15) is 0 Å². The third-order valence-corrected chi connectivity index (χ3v) is 13.2. The second-order valence-corrected chi connectivity index (χ2v) is 16.6. The quantitative estimate of drug-likeness (QED) is 0.168. The van der Waals surface area contributed by atoms with Crippen LogP contribution >= 0.6 is 0 Å². The number of hydrogen-bond donors (Lipinski definition) is 0. The fraction of sp³-hybridized carbons (Fsp3) is 0.0333. The van der Waals surface area contributed by atoms with E-state index < -0.39 is 0 Å². The van der Waals surface area contributed by atoms with Crippen LogP contribution in [0.2, 0.25) is 0 Å². The largest absolute Gasteiger partial charge is 0.228 e. The molecule has 62 heavy (non-hydrogen) atoms. The molecule has 0 spiro atoms. The van der Waals surface area contributed by atoms with Crippen LogP contribution < -0.4 is 0 Å². The third kappa shape index (κ3) is 5.79. The topological polar surface area (TPSA) is 25.8 Å². The molecule has 1 aliphatic rings. The standard InChI is InChI=1S/C60H40N2/c1-60(46-21-3-2-4-22-46)55-28-12-11-26-51(55)52-32-31-43(37-56(52)60)42-19-13-20-44(35-42)48-33-34-53(50-25-10-9-24-49(48)50)58-38-57(45-30-29-39-15-5-6-17-41(39)36-45)61-59(62-58)54-27-14-18-40-16-7-8-23-47(40)54/h2-38H,1H3. The molecule has 0 aliphatic heterocycles. The normalized spacial score (nSPS) is 14.3. The number of fused-ring (bicyclic) bond motifs is 6. The molecule has 0 bridgehead atoms. The van der Waals surface area contributed by atoms with Gasteiger partial charge in [-0.15, -0.1) is 0 Å². The van der Waals surface area contributed by atoms with E-state index in [9.17, 15) is 0 Å². The summed E-state index contributed by atoms with van der Waals surface area (Å²) in [5.74, 6) is 0.712. The van der Waals surface area contributed by atoms with Crippen molar-refractivity contribution in [1.29, 1.82) is 0 Å². The van der Waals surface area contributed by atoms with Crippen molar-refractivity contribution >= 4 is 32.3 Å². The van der Waals surface area contributed by atoms with E-state index in [1.165, 1.54) is 71.6 Å². The molecule has 0 amide bonds. The van der Waals surface area contributed by atoms with E-state index in [4.69, 9.17) is 9.97 Å². The molecule has 0 radical (unpaired) electrons. The Morgan fingerprint density at radius 1 is 0.306 bits per heavy atom. The first-order valence-electron chi connectivity index (χ1n) is 21.4. The molecule has 2 nitrogen and oxygen atoms in total. The minimum atomic E-state index is -0.254. The van der Waals surface area contributed by atoms with Crippen LogP contribution in [0.5, 0.6) is 0 Å². The van der Waals surface area contributed by atoms with Gasteiger partial charge in [0.1, 0.15) is 0 Å². The molecule has 12 rings (SSSR count). The zero-order valence-corrected chi connectivity index (χ0v) is 34.3. The summed E-state index contributed by atoms with van der Waals surface area (Å²) in [5.41, 5.74) is 16.1. The lowest BCUT2D eigenvalue weighted by molar-refractivity contribution is 0.714. The Labute approximate surface area is 361 Å². The molecule has 1 atom stereocenters. The molecule has 1 aromatic heterocycles. The summed E-state index contributed by atoms with van der Waals surface area (Å²) < 4.78 is 0. The van der Waals surface area contributed by atoms with Gasteiger partial charge in [-0.1, -0.05) is 200 Å². The van der Waals surface area contributed by atoms with Crippen molar-refractivity contribution < 1.29 is 0 Å². The minimum absolute atomic E-state index is 0.254. The Hall–Kier alpha value is -7.94.